The molecule has 5 nitrogen and oxygen atoms in total. The van der Waals surface area contributed by atoms with Gasteiger partial charge in [0.25, 0.3) is 5.91 Å². The Morgan fingerprint density at radius 3 is 2.21 bits per heavy atom. The average Bonchev–Trinajstić information content (AvgIpc) is 2.69. The number of nitrogens with two attached hydrogens (primary N) is 1. The molecule has 0 spiro atoms. The first-order valence-corrected chi connectivity index (χ1v) is 8.87. The molecule has 0 saturated heterocycles. The summed E-state index contributed by atoms with van der Waals surface area (Å²) in [6.45, 7) is 7.83. The van der Waals surface area contributed by atoms with Crippen LogP contribution < -0.4 is 16.1 Å². The highest BCUT2D eigenvalue weighted by Gasteiger charge is 2.13. The van der Waals surface area contributed by atoms with E-state index in [9.17, 15) is 10.0 Å². The van der Waals surface area contributed by atoms with Crippen molar-refractivity contribution in [1.29, 1.82) is 0 Å². The first-order valence-electron chi connectivity index (χ1n) is 8.87. The maximum Gasteiger partial charge on any atom is 0.255 e. The summed E-state index contributed by atoms with van der Waals surface area (Å²) >= 11 is 0. The van der Waals surface area contributed by atoms with Crippen molar-refractivity contribution in [3.8, 4) is 0 Å². The van der Waals surface area contributed by atoms with E-state index in [0.29, 0.717) is 28.3 Å². The second kappa shape index (κ2) is 7.98. The van der Waals surface area contributed by atoms with Crippen molar-refractivity contribution in [2.24, 2.45) is 0 Å². The van der Waals surface area contributed by atoms with Crippen LogP contribution in [0.25, 0.3) is 5.70 Å². The Balaban J connectivity index is 1.73. The summed E-state index contributed by atoms with van der Waals surface area (Å²) in [6.07, 6.45) is 0. The van der Waals surface area contributed by atoms with Crippen LogP contribution in [0.15, 0.2) is 73.3 Å². The standard InChI is InChI=1S/C23H23N3O2/c1-15-4-7-19(8-5-15)23(27)25-21-12-9-18(10-13-21)17(3)26(28)22-14-20(24)11-6-16(22)2/h4-14,28H,3,24H2,1-2H3,(H,25,27). The van der Waals surface area contributed by atoms with Gasteiger partial charge in [-0.05, 0) is 55.8 Å². The normalized spacial score (nSPS) is 10.4. The fourth-order valence-electron chi connectivity index (χ4n) is 2.78. The Kier molecular flexibility index (Phi) is 5.47. The lowest BCUT2D eigenvalue weighted by Crippen LogP contribution is -2.17. The van der Waals surface area contributed by atoms with Gasteiger partial charge in [0.05, 0.1) is 11.4 Å². The molecule has 0 aromatic heterocycles. The van der Waals surface area contributed by atoms with Crippen molar-refractivity contribution < 1.29 is 10.0 Å². The van der Waals surface area contributed by atoms with Gasteiger partial charge in [0.2, 0.25) is 0 Å². The Bertz CT molecular complexity index is 1010. The molecule has 0 aliphatic heterocycles. The molecule has 0 unspecified atom stereocenters. The summed E-state index contributed by atoms with van der Waals surface area (Å²) in [5, 5.41) is 14.4. The number of carbonyl (C=O) groups is 1. The van der Waals surface area contributed by atoms with Gasteiger partial charge in [-0.15, -0.1) is 0 Å². The molecule has 0 heterocycles. The molecule has 28 heavy (non-hydrogen) atoms. The van der Waals surface area contributed by atoms with Gasteiger partial charge in [-0.25, -0.2) is 5.06 Å². The second-order valence-corrected chi connectivity index (χ2v) is 6.70. The van der Waals surface area contributed by atoms with Crippen molar-refractivity contribution in [3.05, 3.63) is 95.6 Å². The number of aryl methyl sites for hydroxylation is 2. The minimum Gasteiger partial charge on any atom is -0.399 e. The van der Waals surface area contributed by atoms with Crippen LogP contribution in [-0.4, -0.2) is 11.1 Å². The van der Waals surface area contributed by atoms with E-state index in [-0.39, 0.29) is 5.91 Å². The van der Waals surface area contributed by atoms with Crippen LogP contribution in [-0.2, 0) is 0 Å². The van der Waals surface area contributed by atoms with Crippen molar-refractivity contribution >= 4 is 28.7 Å². The monoisotopic (exact) mass is 373 g/mol. The van der Waals surface area contributed by atoms with Crippen LogP contribution in [0, 0.1) is 13.8 Å². The number of amides is 1. The van der Waals surface area contributed by atoms with Gasteiger partial charge in [-0.1, -0.05) is 42.5 Å². The van der Waals surface area contributed by atoms with Crippen LogP contribution in [0.2, 0.25) is 0 Å². The predicted octanol–water partition coefficient (Wildman–Crippen LogP) is 5.00. The van der Waals surface area contributed by atoms with Gasteiger partial charge in [-0.2, -0.15) is 0 Å². The topological polar surface area (TPSA) is 78.6 Å². The van der Waals surface area contributed by atoms with Crippen LogP contribution in [0.3, 0.4) is 0 Å². The molecular weight excluding hydrogens is 350 g/mol. The number of nitrogens with one attached hydrogen (secondary N) is 1. The molecule has 0 fully saturated rings. The quantitative estimate of drug-likeness (QED) is 0.434. The van der Waals surface area contributed by atoms with Gasteiger partial charge < -0.3 is 11.1 Å². The fourth-order valence-corrected chi connectivity index (χ4v) is 2.78. The molecule has 0 saturated carbocycles. The van der Waals surface area contributed by atoms with E-state index in [1.807, 2.05) is 32.0 Å². The van der Waals surface area contributed by atoms with Gasteiger partial charge >= 0.3 is 0 Å². The van der Waals surface area contributed by atoms with Crippen LogP contribution in [0.4, 0.5) is 17.1 Å². The van der Waals surface area contributed by atoms with Gasteiger partial charge in [0.15, 0.2) is 0 Å². The molecule has 0 bridgehead atoms. The van der Waals surface area contributed by atoms with Crippen molar-refractivity contribution in [3.63, 3.8) is 0 Å². The summed E-state index contributed by atoms with van der Waals surface area (Å²) in [5.74, 6) is -0.175. The van der Waals surface area contributed by atoms with Gasteiger partial charge in [-0.3, -0.25) is 10.0 Å². The molecular formula is C23H23N3O2. The molecule has 5 heteroatoms. The van der Waals surface area contributed by atoms with Crippen LogP contribution in [0.5, 0.6) is 0 Å². The lowest BCUT2D eigenvalue weighted by Gasteiger charge is -2.22. The largest absolute Gasteiger partial charge is 0.399 e. The number of nitrogen functional groups attached to an aromatic ring is 1. The van der Waals surface area contributed by atoms with E-state index in [1.54, 1.807) is 48.5 Å². The molecule has 0 atom stereocenters. The number of carbonyl (C=O) groups excluding carboxylic acids is 1. The highest BCUT2D eigenvalue weighted by molar-refractivity contribution is 6.04. The van der Waals surface area contributed by atoms with Gasteiger partial charge in [0, 0.05) is 22.5 Å². The third kappa shape index (κ3) is 4.22. The Morgan fingerprint density at radius 2 is 1.57 bits per heavy atom. The highest BCUT2D eigenvalue weighted by Crippen LogP contribution is 2.28. The van der Waals surface area contributed by atoms with Crippen LogP contribution >= 0.6 is 0 Å². The number of hydrogen-bond donors (Lipinski definition) is 3. The van der Waals surface area contributed by atoms with Crippen molar-refractivity contribution in [1.82, 2.24) is 0 Å². The van der Waals surface area contributed by atoms with Gasteiger partial charge in [0.1, 0.15) is 0 Å². The molecule has 0 radical (unpaired) electrons. The van der Waals surface area contributed by atoms with E-state index >= 15 is 0 Å². The first kappa shape index (κ1) is 19.2. The Hall–Kier alpha value is -3.57. The van der Waals surface area contributed by atoms with Crippen LogP contribution in [0.1, 0.15) is 27.0 Å². The molecule has 0 aliphatic rings. The number of hydroxylamine groups is 1. The number of nitrogens with zero attached hydrogens (tertiary/aromatic N) is 1. The molecule has 3 aromatic carbocycles. The fraction of sp³-hybridized carbons (Fsp3) is 0.0870. The third-order valence-electron chi connectivity index (χ3n) is 4.51. The Labute approximate surface area is 164 Å². The average molecular weight is 373 g/mol. The molecule has 1 amide bonds. The predicted molar refractivity (Wildman–Crippen MR) is 114 cm³/mol. The maximum atomic E-state index is 12.3. The van der Waals surface area contributed by atoms with E-state index in [4.69, 9.17) is 5.73 Å². The third-order valence-corrected chi connectivity index (χ3v) is 4.51. The Morgan fingerprint density at radius 1 is 0.964 bits per heavy atom. The zero-order chi connectivity index (χ0) is 20.3. The highest BCUT2D eigenvalue weighted by atomic mass is 16.5. The molecule has 3 rings (SSSR count). The molecule has 0 aliphatic carbocycles. The SMILES string of the molecule is C=C(c1ccc(NC(=O)c2ccc(C)cc2)cc1)N(O)c1cc(N)ccc1C. The van der Waals surface area contributed by atoms with Crippen molar-refractivity contribution in [2.75, 3.05) is 16.1 Å². The second-order valence-electron chi connectivity index (χ2n) is 6.70. The number of rotatable bonds is 5. The van der Waals surface area contributed by atoms with E-state index in [2.05, 4.69) is 11.9 Å². The zero-order valence-electron chi connectivity index (χ0n) is 15.9. The first-order chi connectivity index (χ1) is 13.3. The summed E-state index contributed by atoms with van der Waals surface area (Å²) in [6, 6.07) is 19.8. The number of benzene rings is 3. The summed E-state index contributed by atoms with van der Waals surface area (Å²) in [5.41, 5.74) is 11.3. The van der Waals surface area contributed by atoms with Crippen molar-refractivity contribution in [2.45, 2.75) is 13.8 Å². The molecule has 4 N–H and O–H groups in total. The lowest BCUT2D eigenvalue weighted by molar-refractivity contribution is 0.102. The number of hydrogen-bond acceptors (Lipinski definition) is 4. The smallest absolute Gasteiger partial charge is 0.255 e. The minimum absolute atomic E-state index is 0.175. The van der Waals surface area contributed by atoms with E-state index in [1.165, 1.54) is 0 Å². The number of anilines is 3. The zero-order valence-corrected chi connectivity index (χ0v) is 15.9. The maximum absolute atomic E-state index is 12.3. The summed E-state index contributed by atoms with van der Waals surface area (Å²) in [7, 11) is 0. The summed E-state index contributed by atoms with van der Waals surface area (Å²) in [4.78, 5) is 12.3. The van der Waals surface area contributed by atoms with E-state index < -0.39 is 0 Å². The minimum atomic E-state index is -0.175. The molecule has 3 aromatic rings. The summed E-state index contributed by atoms with van der Waals surface area (Å²) < 4.78 is 0. The molecule has 142 valence electrons. The van der Waals surface area contributed by atoms with E-state index in [0.717, 1.165) is 21.8 Å². The lowest BCUT2D eigenvalue weighted by atomic mass is 10.1.